The molecule has 80 valence electrons. The Hall–Kier alpha value is -0.620. The van der Waals surface area contributed by atoms with Gasteiger partial charge in [-0.05, 0) is 12.3 Å². The Balaban J connectivity index is 2.70. The van der Waals surface area contributed by atoms with Gasteiger partial charge in [0.15, 0.2) is 0 Å². The average Bonchev–Trinajstić information content (AvgIpc) is 2.47. The maximum atomic E-state index is 10.8. The highest BCUT2D eigenvalue weighted by molar-refractivity contribution is 8.13. The zero-order chi connectivity index (χ0) is 10.8. The summed E-state index contributed by atoms with van der Waals surface area (Å²) in [6.45, 7) is 4.16. The van der Waals surface area contributed by atoms with Gasteiger partial charge in [-0.25, -0.2) is 13.4 Å². The van der Waals surface area contributed by atoms with E-state index in [0.717, 1.165) is 6.42 Å². The second kappa shape index (κ2) is 4.27. The number of aromatic nitrogens is 3. The summed E-state index contributed by atoms with van der Waals surface area (Å²) in [5.41, 5.74) is 0. The van der Waals surface area contributed by atoms with Gasteiger partial charge in [-0.1, -0.05) is 13.8 Å². The first-order chi connectivity index (χ1) is 6.39. The molecule has 1 rings (SSSR count). The van der Waals surface area contributed by atoms with E-state index in [0.29, 0.717) is 18.2 Å². The fourth-order valence-electron chi connectivity index (χ4n) is 0.924. The van der Waals surface area contributed by atoms with Crippen molar-refractivity contribution < 1.29 is 8.42 Å². The zero-order valence-electron chi connectivity index (χ0n) is 7.99. The highest BCUT2D eigenvalue weighted by atomic mass is 35.7. The summed E-state index contributed by atoms with van der Waals surface area (Å²) in [6, 6.07) is 0. The number of aryl methyl sites for hydroxylation is 1. The maximum Gasteiger partial charge on any atom is 0.298 e. The first-order valence-electron chi connectivity index (χ1n) is 4.25. The first kappa shape index (κ1) is 11.5. The van der Waals surface area contributed by atoms with Gasteiger partial charge in [0.1, 0.15) is 5.82 Å². The molecule has 0 atom stereocenters. The van der Waals surface area contributed by atoms with Crippen molar-refractivity contribution in [2.24, 2.45) is 5.92 Å². The molecule has 0 aliphatic heterocycles. The molecule has 0 aromatic carbocycles. The molecule has 0 saturated carbocycles. The third-order valence-electron chi connectivity index (χ3n) is 1.69. The Morgan fingerprint density at radius 2 is 2.14 bits per heavy atom. The van der Waals surface area contributed by atoms with Gasteiger partial charge in [-0.3, -0.25) is 5.10 Å². The second-order valence-electron chi connectivity index (χ2n) is 3.44. The number of rotatable bonds is 4. The van der Waals surface area contributed by atoms with Gasteiger partial charge in [-0.2, -0.15) is 0 Å². The standard InChI is InChI=1S/C7H12ClN3O2S/c1-5(2)3-4-6-9-7(11-10-6)14(8,12)13/h5H,3-4H2,1-2H3,(H,9,10,11). The summed E-state index contributed by atoms with van der Waals surface area (Å²) in [7, 11) is 1.26. The summed E-state index contributed by atoms with van der Waals surface area (Å²) in [4.78, 5) is 3.77. The number of hydrogen-bond acceptors (Lipinski definition) is 4. The third kappa shape index (κ3) is 3.26. The van der Waals surface area contributed by atoms with Crippen molar-refractivity contribution in [2.75, 3.05) is 0 Å². The first-order valence-corrected chi connectivity index (χ1v) is 6.56. The van der Waals surface area contributed by atoms with E-state index in [1.54, 1.807) is 0 Å². The molecule has 0 unspecified atom stereocenters. The van der Waals surface area contributed by atoms with E-state index in [2.05, 4.69) is 29.0 Å². The predicted octanol–water partition coefficient (Wildman–Crippen LogP) is 1.32. The van der Waals surface area contributed by atoms with E-state index >= 15 is 0 Å². The van der Waals surface area contributed by atoms with Crippen LogP contribution >= 0.6 is 10.7 Å². The van der Waals surface area contributed by atoms with Crippen molar-refractivity contribution >= 4 is 19.7 Å². The van der Waals surface area contributed by atoms with E-state index in [9.17, 15) is 8.42 Å². The molecule has 7 heteroatoms. The average molecular weight is 238 g/mol. The van der Waals surface area contributed by atoms with Gasteiger partial charge in [0, 0.05) is 17.1 Å². The molecule has 1 aromatic rings. The van der Waals surface area contributed by atoms with Crippen LogP contribution in [0.2, 0.25) is 0 Å². The quantitative estimate of drug-likeness (QED) is 0.802. The van der Waals surface area contributed by atoms with Gasteiger partial charge >= 0.3 is 0 Å². The lowest BCUT2D eigenvalue weighted by atomic mass is 10.1. The van der Waals surface area contributed by atoms with Crippen LogP contribution in [0.15, 0.2) is 5.16 Å². The fourth-order valence-corrected chi connectivity index (χ4v) is 1.50. The summed E-state index contributed by atoms with van der Waals surface area (Å²) in [6.07, 6.45) is 1.61. The van der Waals surface area contributed by atoms with E-state index in [1.807, 2.05) is 0 Å². The molecule has 1 N–H and O–H groups in total. The van der Waals surface area contributed by atoms with E-state index in [-0.39, 0.29) is 5.16 Å². The normalized spacial score (nSPS) is 12.3. The highest BCUT2D eigenvalue weighted by Crippen LogP contribution is 2.10. The van der Waals surface area contributed by atoms with Crippen molar-refractivity contribution in [3.8, 4) is 0 Å². The summed E-state index contributed by atoms with van der Waals surface area (Å²) in [5.74, 6) is 1.09. The largest absolute Gasteiger partial charge is 0.298 e. The minimum absolute atomic E-state index is 0.349. The molecule has 0 bridgehead atoms. The monoisotopic (exact) mass is 237 g/mol. The van der Waals surface area contributed by atoms with Crippen LogP contribution in [0, 0.1) is 5.92 Å². The van der Waals surface area contributed by atoms with Crippen molar-refractivity contribution in [3.63, 3.8) is 0 Å². The maximum absolute atomic E-state index is 10.8. The molecule has 0 amide bonds. The van der Waals surface area contributed by atoms with Gasteiger partial charge < -0.3 is 0 Å². The molecule has 0 aliphatic carbocycles. The molecular formula is C7H12ClN3O2S. The van der Waals surface area contributed by atoms with Gasteiger partial charge in [0.25, 0.3) is 14.2 Å². The SMILES string of the molecule is CC(C)CCc1nc(S(=O)(=O)Cl)n[nH]1. The third-order valence-corrected chi connectivity index (χ3v) is 2.72. The summed E-state index contributed by atoms with van der Waals surface area (Å²) in [5, 5.41) is 5.70. The summed E-state index contributed by atoms with van der Waals surface area (Å²) >= 11 is 0. The Bertz CT molecular complexity index is 399. The minimum Gasteiger partial charge on any atom is -0.262 e. The van der Waals surface area contributed by atoms with Gasteiger partial charge in [0.05, 0.1) is 0 Å². The number of aromatic amines is 1. The van der Waals surface area contributed by atoms with Crippen LogP contribution in [0.3, 0.4) is 0 Å². The van der Waals surface area contributed by atoms with Crippen molar-refractivity contribution in [2.45, 2.75) is 31.8 Å². The molecule has 0 fully saturated rings. The van der Waals surface area contributed by atoms with Crippen LogP contribution < -0.4 is 0 Å². The molecule has 5 nitrogen and oxygen atoms in total. The Kier molecular flexibility index (Phi) is 3.49. The van der Waals surface area contributed by atoms with Crippen LogP contribution in [0.4, 0.5) is 0 Å². The smallest absolute Gasteiger partial charge is 0.262 e. The van der Waals surface area contributed by atoms with E-state index in [4.69, 9.17) is 10.7 Å². The van der Waals surface area contributed by atoms with Crippen LogP contribution in [0.1, 0.15) is 26.1 Å². The molecule has 1 heterocycles. The molecule has 0 aliphatic rings. The number of nitrogens with one attached hydrogen (secondary N) is 1. The lowest BCUT2D eigenvalue weighted by molar-refractivity contribution is 0.575. The van der Waals surface area contributed by atoms with Crippen LogP contribution in [0.25, 0.3) is 0 Å². The second-order valence-corrected chi connectivity index (χ2v) is 5.89. The predicted molar refractivity (Wildman–Crippen MR) is 52.6 cm³/mol. The lowest BCUT2D eigenvalue weighted by Gasteiger charge is -1.99. The fraction of sp³-hybridized carbons (Fsp3) is 0.714. The van der Waals surface area contributed by atoms with Gasteiger partial charge in [0.2, 0.25) is 0 Å². The topological polar surface area (TPSA) is 75.7 Å². The van der Waals surface area contributed by atoms with Crippen molar-refractivity contribution in [1.82, 2.24) is 15.2 Å². The van der Waals surface area contributed by atoms with Gasteiger partial charge in [-0.15, -0.1) is 5.10 Å². The van der Waals surface area contributed by atoms with Crippen molar-refractivity contribution in [3.05, 3.63) is 5.82 Å². The molecular weight excluding hydrogens is 226 g/mol. The Morgan fingerprint density at radius 1 is 1.50 bits per heavy atom. The number of nitrogens with zero attached hydrogens (tertiary/aromatic N) is 2. The van der Waals surface area contributed by atoms with Crippen LogP contribution in [0.5, 0.6) is 0 Å². The molecule has 1 aromatic heterocycles. The Labute approximate surface area is 87.3 Å². The highest BCUT2D eigenvalue weighted by Gasteiger charge is 2.16. The number of halogens is 1. The minimum atomic E-state index is -3.80. The number of H-pyrrole nitrogens is 1. The molecule has 0 spiro atoms. The molecule has 0 radical (unpaired) electrons. The number of hydrogen-bond donors (Lipinski definition) is 1. The van der Waals surface area contributed by atoms with Crippen LogP contribution in [-0.2, 0) is 15.5 Å². The molecule has 0 saturated heterocycles. The van der Waals surface area contributed by atoms with Crippen molar-refractivity contribution in [1.29, 1.82) is 0 Å². The summed E-state index contributed by atoms with van der Waals surface area (Å²) < 4.78 is 21.6. The van der Waals surface area contributed by atoms with E-state index in [1.165, 1.54) is 0 Å². The van der Waals surface area contributed by atoms with E-state index < -0.39 is 9.05 Å². The molecule has 14 heavy (non-hydrogen) atoms. The Morgan fingerprint density at radius 3 is 2.57 bits per heavy atom. The lowest BCUT2D eigenvalue weighted by Crippen LogP contribution is -1.95. The van der Waals surface area contributed by atoms with Crippen LogP contribution in [-0.4, -0.2) is 23.6 Å². The zero-order valence-corrected chi connectivity index (χ0v) is 9.56.